The average molecular weight is 277 g/mol. The molecule has 0 aliphatic carbocycles. The van der Waals surface area contributed by atoms with Crippen molar-refractivity contribution in [2.45, 2.75) is 25.8 Å². The van der Waals surface area contributed by atoms with E-state index in [0.29, 0.717) is 11.3 Å². The van der Waals surface area contributed by atoms with Crippen molar-refractivity contribution in [3.8, 4) is 0 Å². The highest BCUT2D eigenvalue weighted by molar-refractivity contribution is 7.20. The summed E-state index contributed by atoms with van der Waals surface area (Å²) in [5.41, 5.74) is -1.23. The zero-order valence-corrected chi connectivity index (χ0v) is 11.6. The molecule has 2 N–H and O–H groups in total. The Morgan fingerprint density at radius 3 is 2.63 bits per heavy atom. The van der Waals surface area contributed by atoms with Crippen molar-refractivity contribution in [2.75, 3.05) is 0 Å². The number of fused-ring (bicyclic) bond motifs is 1. The molecular formula is C14H15NO3S. The molecule has 0 spiro atoms. The smallest absolute Gasteiger partial charge is 0.329 e. The quantitative estimate of drug-likeness (QED) is 0.903. The van der Waals surface area contributed by atoms with E-state index in [1.165, 1.54) is 18.3 Å². The molecule has 1 unspecified atom stereocenters. The molecule has 4 nitrogen and oxygen atoms in total. The highest BCUT2D eigenvalue weighted by atomic mass is 32.1. The fourth-order valence-corrected chi connectivity index (χ4v) is 2.66. The molecule has 2 aromatic rings. The second kappa shape index (κ2) is 5.01. The normalized spacial score (nSPS) is 14.0. The van der Waals surface area contributed by atoms with Crippen LogP contribution in [-0.2, 0) is 4.79 Å². The van der Waals surface area contributed by atoms with Crippen LogP contribution in [0.4, 0.5) is 0 Å². The lowest BCUT2D eigenvalue weighted by Gasteiger charge is -2.24. The maximum absolute atomic E-state index is 12.1. The van der Waals surface area contributed by atoms with Gasteiger partial charge in [-0.3, -0.25) is 4.79 Å². The number of thiophene rings is 1. The van der Waals surface area contributed by atoms with Crippen LogP contribution in [0.2, 0.25) is 0 Å². The number of benzene rings is 1. The molecular weight excluding hydrogens is 262 g/mol. The second-order valence-corrected chi connectivity index (χ2v) is 5.68. The van der Waals surface area contributed by atoms with Crippen LogP contribution >= 0.6 is 11.3 Å². The van der Waals surface area contributed by atoms with Gasteiger partial charge in [-0.25, -0.2) is 4.79 Å². The van der Waals surface area contributed by atoms with E-state index >= 15 is 0 Å². The molecule has 2 rings (SSSR count). The SMILES string of the molecule is CCC(C)(NC(=O)c1cc2ccccc2s1)C(=O)O. The molecule has 0 saturated carbocycles. The van der Waals surface area contributed by atoms with E-state index in [2.05, 4.69) is 5.32 Å². The molecule has 0 radical (unpaired) electrons. The summed E-state index contributed by atoms with van der Waals surface area (Å²) in [7, 11) is 0. The predicted molar refractivity (Wildman–Crippen MR) is 75.6 cm³/mol. The zero-order valence-electron chi connectivity index (χ0n) is 10.8. The molecule has 5 heteroatoms. The summed E-state index contributed by atoms with van der Waals surface area (Å²) in [6.45, 7) is 3.25. The van der Waals surface area contributed by atoms with Crippen molar-refractivity contribution in [3.05, 3.63) is 35.2 Å². The number of carbonyl (C=O) groups is 2. The van der Waals surface area contributed by atoms with Gasteiger partial charge in [0.15, 0.2) is 0 Å². The van der Waals surface area contributed by atoms with E-state index in [-0.39, 0.29) is 5.91 Å². The number of carboxylic acids is 1. The Labute approximate surface area is 115 Å². The number of hydrogen-bond donors (Lipinski definition) is 2. The number of hydrogen-bond acceptors (Lipinski definition) is 3. The van der Waals surface area contributed by atoms with E-state index < -0.39 is 11.5 Å². The Balaban J connectivity index is 2.27. The van der Waals surface area contributed by atoms with Crippen molar-refractivity contribution >= 4 is 33.3 Å². The van der Waals surface area contributed by atoms with E-state index in [1.54, 1.807) is 13.0 Å². The molecule has 100 valence electrons. The third-order valence-electron chi connectivity index (χ3n) is 3.22. The van der Waals surface area contributed by atoms with Crippen molar-refractivity contribution in [2.24, 2.45) is 0 Å². The summed E-state index contributed by atoms with van der Waals surface area (Å²) in [5, 5.41) is 12.7. The monoisotopic (exact) mass is 277 g/mol. The predicted octanol–water partition coefficient (Wildman–Crippen LogP) is 2.88. The van der Waals surface area contributed by atoms with Gasteiger partial charge in [0.1, 0.15) is 5.54 Å². The minimum absolute atomic E-state index is 0.332. The van der Waals surface area contributed by atoms with Gasteiger partial charge in [0.2, 0.25) is 0 Å². The van der Waals surface area contributed by atoms with Crippen LogP contribution in [0, 0.1) is 0 Å². The molecule has 0 aliphatic rings. The van der Waals surface area contributed by atoms with Gasteiger partial charge in [0.25, 0.3) is 5.91 Å². The number of rotatable bonds is 4. The maximum atomic E-state index is 12.1. The molecule has 1 heterocycles. The Morgan fingerprint density at radius 2 is 2.05 bits per heavy atom. The maximum Gasteiger partial charge on any atom is 0.329 e. The fraction of sp³-hybridized carbons (Fsp3) is 0.286. The van der Waals surface area contributed by atoms with Gasteiger partial charge >= 0.3 is 5.97 Å². The van der Waals surface area contributed by atoms with E-state index in [4.69, 9.17) is 5.11 Å². The van der Waals surface area contributed by atoms with Gasteiger partial charge < -0.3 is 10.4 Å². The van der Waals surface area contributed by atoms with Gasteiger partial charge in [0.05, 0.1) is 4.88 Å². The molecule has 1 aromatic carbocycles. The summed E-state index contributed by atoms with van der Waals surface area (Å²) < 4.78 is 1.01. The number of aliphatic carboxylic acids is 1. The van der Waals surface area contributed by atoms with Gasteiger partial charge in [0, 0.05) is 4.70 Å². The Bertz CT molecular complexity index is 601. The van der Waals surface area contributed by atoms with Gasteiger partial charge in [-0.1, -0.05) is 25.1 Å². The third-order valence-corrected chi connectivity index (χ3v) is 4.33. The Hall–Kier alpha value is -1.88. The standard InChI is InChI=1S/C14H15NO3S/c1-3-14(2,13(17)18)15-12(16)11-8-9-6-4-5-7-10(9)19-11/h4-8H,3H2,1-2H3,(H,15,16)(H,17,18). The number of nitrogens with one attached hydrogen (secondary N) is 1. The van der Waals surface area contributed by atoms with Crippen LogP contribution < -0.4 is 5.32 Å². The first-order valence-electron chi connectivity index (χ1n) is 6.01. The van der Waals surface area contributed by atoms with Crippen LogP contribution in [0.1, 0.15) is 29.9 Å². The van der Waals surface area contributed by atoms with Crippen LogP contribution in [0.5, 0.6) is 0 Å². The fourth-order valence-electron chi connectivity index (χ4n) is 1.70. The molecule has 0 saturated heterocycles. The molecule has 1 aromatic heterocycles. The summed E-state index contributed by atoms with van der Waals surface area (Å²) in [4.78, 5) is 23.8. The van der Waals surface area contributed by atoms with E-state index in [0.717, 1.165) is 10.1 Å². The molecule has 1 amide bonds. The highest BCUT2D eigenvalue weighted by Gasteiger charge is 2.33. The van der Waals surface area contributed by atoms with Gasteiger partial charge in [-0.05, 0) is 30.9 Å². The molecule has 0 aliphatic heterocycles. The molecule has 1 atom stereocenters. The van der Waals surface area contributed by atoms with Crippen LogP contribution in [0.25, 0.3) is 10.1 Å². The first-order chi connectivity index (χ1) is 8.96. The van der Waals surface area contributed by atoms with Crippen molar-refractivity contribution < 1.29 is 14.7 Å². The van der Waals surface area contributed by atoms with E-state index in [1.807, 2.05) is 24.3 Å². The molecule has 0 fully saturated rings. The Morgan fingerprint density at radius 1 is 1.37 bits per heavy atom. The number of carboxylic acid groups (broad SMARTS) is 1. The summed E-state index contributed by atoms with van der Waals surface area (Å²) in [6, 6.07) is 9.47. The van der Waals surface area contributed by atoms with E-state index in [9.17, 15) is 9.59 Å². The topological polar surface area (TPSA) is 66.4 Å². The number of amides is 1. The minimum atomic E-state index is -1.23. The first-order valence-corrected chi connectivity index (χ1v) is 6.82. The lowest BCUT2D eigenvalue weighted by atomic mass is 9.99. The van der Waals surface area contributed by atoms with Gasteiger partial charge in [-0.15, -0.1) is 11.3 Å². The average Bonchev–Trinajstić information content (AvgIpc) is 2.82. The lowest BCUT2D eigenvalue weighted by molar-refractivity contribution is -0.143. The highest BCUT2D eigenvalue weighted by Crippen LogP contribution is 2.25. The minimum Gasteiger partial charge on any atom is -0.480 e. The molecule has 0 bridgehead atoms. The van der Waals surface area contributed by atoms with Crippen LogP contribution in [0.3, 0.4) is 0 Å². The molecule has 19 heavy (non-hydrogen) atoms. The summed E-state index contributed by atoms with van der Waals surface area (Å²) >= 11 is 1.36. The second-order valence-electron chi connectivity index (χ2n) is 4.59. The zero-order chi connectivity index (χ0) is 14.0. The van der Waals surface area contributed by atoms with Crippen LogP contribution in [0.15, 0.2) is 30.3 Å². The summed E-state index contributed by atoms with van der Waals surface area (Å²) in [5.74, 6) is -1.36. The first kappa shape index (κ1) is 13.5. The van der Waals surface area contributed by atoms with Gasteiger partial charge in [-0.2, -0.15) is 0 Å². The largest absolute Gasteiger partial charge is 0.480 e. The van der Waals surface area contributed by atoms with Crippen molar-refractivity contribution in [1.29, 1.82) is 0 Å². The van der Waals surface area contributed by atoms with Crippen molar-refractivity contribution in [1.82, 2.24) is 5.32 Å². The third kappa shape index (κ3) is 2.61. The van der Waals surface area contributed by atoms with Crippen LogP contribution in [-0.4, -0.2) is 22.5 Å². The Kier molecular flexibility index (Phi) is 3.57. The number of carbonyl (C=O) groups excluding carboxylic acids is 1. The summed E-state index contributed by atoms with van der Waals surface area (Å²) in [6.07, 6.45) is 0.332. The van der Waals surface area contributed by atoms with Crippen molar-refractivity contribution in [3.63, 3.8) is 0 Å². The lowest BCUT2D eigenvalue weighted by Crippen LogP contribution is -2.51.